The van der Waals surface area contributed by atoms with Gasteiger partial charge in [0.1, 0.15) is 0 Å². The van der Waals surface area contributed by atoms with Gasteiger partial charge in [0.2, 0.25) is 5.24 Å². The number of non-ortho nitro benzene ring substituents is 1. The number of rotatable bonds is 4. The third-order valence-corrected chi connectivity index (χ3v) is 3.32. The van der Waals surface area contributed by atoms with Crippen LogP contribution >= 0.6 is 22.9 Å². The van der Waals surface area contributed by atoms with Crippen LogP contribution in [0.25, 0.3) is 16.5 Å². The standard InChI is InChI=1S/C12H7ClN2O3S/c13-11(16)6-5-10-12(19-7-14-10)8-1-3-9(4-2-8)15(17)18/h1-7H. The van der Waals surface area contributed by atoms with Crippen LogP contribution in [0, 0.1) is 10.1 Å². The van der Waals surface area contributed by atoms with E-state index in [0.717, 1.165) is 10.4 Å². The van der Waals surface area contributed by atoms with Crippen LogP contribution in [-0.4, -0.2) is 15.1 Å². The Morgan fingerprint density at radius 2 is 2.05 bits per heavy atom. The highest BCUT2D eigenvalue weighted by molar-refractivity contribution is 7.13. The van der Waals surface area contributed by atoms with Gasteiger partial charge in [-0.25, -0.2) is 4.98 Å². The predicted molar refractivity (Wildman–Crippen MR) is 74.1 cm³/mol. The smallest absolute Gasteiger partial charge is 0.269 e. The molecule has 0 amide bonds. The van der Waals surface area contributed by atoms with Gasteiger partial charge in [-0.2, -0.15) is 0 Å². The molecule has 0 aliphatic rings. The summed E-state index contributed by atoms with van der Waals surface area (Å²) in [5.74, 6) is 0. The highest BCUT2D eigenvalue weighted by Gasteiger charge is 2.09. The second-order valence-electron chi connectivity index (χ2n) is 3.51. The molecule has 0 N–H and O–H groups in total. The second-order valence-corrected chi connectivity index (χ2v) is 4.74. The topological polar surface area (TPSA) is 73.1 Å². The molecule has 1 aromatic heterocycles. The van der Waals surface area contributed by atoms with Gasteiger partial charge in [0.15, 0.2) is 0 Å². The van der Waals surface area contributed by atoms with Crippen molar-refractivity contribution < 1.29 is 9.72 Å². The molecule has 96 valence electrons. The number of thiazole rings is 1. The van der Waals surface area contributed by atoms with Crippen LogP contribution in [0.1, 0.15) is 5.69 Å². The Bertz CT molecular complexity index is 649. The summed E-state index contributed by atoms with van der Waals surface area (Å²) in [5.41, 5.74) is 3.07. The molecule has 2 aromatic rings. The lowest BCUT2D eigenvalue weighted by molar-refractivity contribution is -0.384. The van der Waals surface area contributed by atoms with E-state index in [1.807, 2.05) is 0 Å². The molecule has 0 radical (unpaired) electrons. The zero-order chi connectivity index (χ0) is 13.8. The normalized spacial score (nSPS) is 10.8. The van der Waals surface area contributed by atoms with Crippen LogP contribution in [0.5, 0.6) is 0 Å². The lowest BCUT2D eigenvalue weighted by atomic mass is 10.1. The van der Waals surface area contributed by atoms with Crippen molar-refractivity contribution in [2.45, 2.75) is 0 Å². The maximum atomic E-state index is 10.7. The van der Waals surface area contributed by atoms with Crippen molar-refractivity contribution in [3.8, 4) is 10.4 Å². The first-order valence-corrected chi connectivity index (χ1v) is 6.39. The summed E-state index contributed by atoms with van der Waals surface area (Å²) in [6, 6.07) is 6.14. The molecule has 0 saturated heterocycles. The molecular formula is C12H7ClN2O3S. The molecule has 0 fully saturated rings. The molecule has 0 bridgehead atoms. The minimum Gasteiger partial charge on any atom is -0.276 e. The fourth-order valence-corrected chi connectivity index (χ4v) is 2.32. The molecule has 1 heterocycles. The third-order valence-electron chi connectivity index (χ3n) is 2.31. The molecule has 19 heavy (non-hydrogen) atoms. The van der Waals surface area contributed by atoms with Crippen LogP contribution in [0.2, 0.25) is 0 Å². The number of benzene rings is 1. The molecule has 0 spiro atoms. The quantitative estimate of drug-likeness (QED) is 0.374. The van der Waals surface area contributed by atoms with Gasteiger partial charge in [-0.15, -0.1) is 11.3 Å². The Labute approximate surface area is 117 Å². The summed E-state index contributed by atoms with van der Waals surface area (Å²) in [7, 11) is 0. The van der Waals surface area contributed by atoms with E-state index in [0.29, 0.717) is 5.69 Å². The average Bonchev–Trinajstić information content (AvgIpc) is 2.84. The SMILES string of the molecule is O=C(Cl)C=Cc1ncsc1-c1ccc([N+](=O)[O-])cc1. The summed E-state index contributed by atoms with van der Waals surface area (Å²) in [6.07, 6.45) is 2.73. The number of hydrogen-bond donors (Lipinski definition) is 0. The fourth-order valence-electron chi connectivity index (χ4n) is 1.47. The van der Waals surface area contributed by atoms with E-state index in [-0.39, 0.29) is 5.69 Å². The van der Waals surface area contributed by atoms with Gasteiger partial charge in [0.05, 0.1) is 21.0 Å². The predicted octanol–water partition coefficient (Wildman–Crippen LogP) is 3.50. The van der Waals surface area contributed by atoms with Crippen molar-refractivity contribution in [2.75, 3.05) is 0 Å². The minimum atomic E-state index is -0.581. The number of nitrogens with zero attached hydrogens (tertiary/aromatic N) is 2. The zero-order valence-electron chi connectivity index (χ0n) is 9.45. The van der Waals surface area contributed by atoms with Gasteiger partial charge in [-0.3, -0.25) is 14.9 Å². The number of carbonyl (C=O) groups is 1. The summed E-state index contributed by atoms with van der Waals surface area (Å²) >= 11 is 6.61. The van der Waals surface area contributed by atoms with Gasteiger partial charge in [-0.05, 0) is 41.4 Å². The zero-order valence-corrected chi connectivity index (χ0v) is 11.0. The van der Waals surface area contributed by atoms with Gasteiger partial charge >= 0.3 is 0 Å². The fraction of sp³-hybridized carbons (Fsp3) is 0. The van der Waals surface area contributed by atoms with Crippen LogP contribution in [0.4, 0.5) is 5.69 Å². The first kappa shape index (κ1) is 13.4. The summed E-state index contributed by atoms with van der Waals surface area (Å²) in [5, 5.41) is 9.99. The Balaban J connectivity index is 2.34. The third kappa shape index (κ3) is 3.24. The molecule has 0 aliphatic heterocycles. The lowest BCUT2D eigenvalue weighted by Gasteiger charge is -1.98. The largest absolute Gasteiger partial charge is 0.276 e. The average molecular weight is 295 g/mol. The maximum Gasteiger partial charge on any atom is 0.269 e. The van der Waals surface area contributed by atoms with E-state index in [1.54, 1.807) is 17.6 Å². The van der Waals surface area contributed by atoms with E-state index >= 15 is 0 Å². The van der Waals surface area contributed by atoms with Crippen molar-refractivity contribution in [1.82, 2.24) is 4.98 Å². The Morgan fingerprint density at radius 3 is 2.63 bits per heavy atom. The maximum absolute atomic E-state index is 10.7. The van der Waals surface area contributed by atoms with Crippen LogP contribution in [0.3, 0.4) is 0 Å². The van der Waals surface area contributed by atoms with E-state index in [9.17, 15) is 14.9 Å². The van der Waals surface area contributed by atoms with E-state index < -0.39 is 10.2 Å². The van der Waals surface area contributed by atoms with Crippen molar-refractivity contribution in [3.05, 3.63) is 51.7 Å². The van der Waals surface area contributed by atoms with Crippen LogP contribution < -0.4 is 0 Å². The van der Waals surface area contributed by atoms with E-state index in [2.05, 4.69) is 4.98 Å². The first-order valence-electron chi connectivity index (χ1n) is 5.14. The number of allylic oxidation sites excluding steroid dienone is 1. The molecule has 7 heteroatoms. The number of nitro benzene ring substituents is 1. The first-order chi connectivity index (χ1) is 9.08. The second kappa shape index (κ2) is 5.73. The summed E-state index contributed by atoms with van der Waals surface area (Å²) in [6.45, 7) is 0. The van der Waals surface area contributed by atoms with Gasteiger partial charge < -0.3 is 0 Å². The number of hydrogen-bond acceptors (Lipinski definition) is 5. The van der Waals surface area contributed by atoms with Crippen molar-refractivity contribution >= 4 is 39.9 Å². The molecule has 0 atom stereocenters. The molecule has 5 nitrogen and oxygen atoms in total. The molecule has 1 aromatic carbocycles. The van der Waals surface area contributed by atoms with Gasteiger partial charge in [0.25, 0.3) is 5.69 Å². The van der Waals surface area contributed by atoms with Crippen LogP contribution in [-0.2, 0) is 4.79 Å². The lowest BCUT2D eigenvalue weighted by Crippen LogP contribution is -1.87. The Kier molecular flexibility index (Phi) is 4.03. The minimum absolute atomic E-state index is 0.0290. The number of nitro groups is 1. The van der Waals surface area contributed by atoms with Crippen molar-refractivity contribution in [1.29, 1.82) is 0 Å². The van der Waals surface area contributed by atoms with Crippen molar-refractivity contribution in [3.63, 3.8) is 0 Å². The monoisotopic (exact) mass is 294 g/mol. The Morgan fingerprint density at radius 1 is 1.37 bits per heavy atom. The Hall–Kier alpha value is -2.05. The number of carbonyl (C=O) groups excluding carboxylic acids is 1. The number of halogens is 1. The molecule has 2 rings (SSSR count). The summed E-state index contributed by atoms with van der Waals surface area (Å²) < 4.78 is 0. The molecule has 0 saturated carbocycles. The van der Waals surface area contributed by atoms with E-state index in [4.69, 9.17) is 11.6 Å². The number of aromatic nitrogens is 1. The van der Waals surface area contributed by atoms with Gasteiger partial charge in [0, 0.05) is 12.1 Å². The summed E-state index contributed by atoms with van der Waals surface area (Å²) in [4.78, 5) is 25.7. The highest BCUT2D eigenvalue weighted by Crippen LogP contribution is 2.29. The highest BCUT2D eigenvalue weighted by atomic mass is 35.5. The van der Waals surface area contributed by atoms with E-state index in [1.165, 1.54) is 35.6 Å². The molecule has 0 unspecified atom stereocenters. The van der Waals surface area contributed by atoms with Crippen LogP contribution in [0.15, 0.2) is 35.9 Å². The molecule has 0 aliphatic carbocycles. The van der Waals surface area contributed by atoms with Crippen molar-refractivity contribution in [2.24, 2.45) is 0 Å². The molecular weight excluding hydrogens is 288 g/mol. The van der Waals surface area contributed by atoms with Gasteiger partial charge in [-0.1, -0.05) is 0 Å².